The van der Waals surface area contributed by atoms with Gasteiger partial charge >= 0.3 is 0 Å². The molecule has 0 amide bonds. The van der Waals surface area contributed by atoms with E-state index in [9.17, 15) is 0 Å². The molecule has 17 heavy (non-hydrogen) atoms. The van der Waals surface area contributed by atoms with Crippen LogP contribution in [0.1, 0.15) is 32.1 Å². The van der Waals surface area contributed by atoms with E-state index in [0.717, 1.165) is 24.7 Å². The van der Waals surface area contributed by atoms with Crippen molar-refractivity contribution in [3.63, 3.8) is 0 Å². The Morgan fingerprint density at radius 1 is 1.29 bits per heavy atom. The summed E-state index contributed by atoms with van der Waals surface area (Å²) in [6.07, 6.45) is 12.5. The summed E-state index contributed by atoms with van der Waals surface area (Å²) in [5.74, 6) is 1.83. The van der Waals surface area contributed by atoms with Crippen molar-refractivity contribution in [2.24, 2.45) is 11.7 Å². The highest BCUT2D eigenvalue weighted by molar-refractivity contribution is 5.16. The van der Waals surface area contributed by atoms with Crippen LogP contribution in [0.25, 0.3) is 0 Å². The molecule has 0 radical (unpaired) electrons. The zero-order valence-electron chi connectivity index (χ0n) is 10.4. The van der Waals surface area contributed by atoms with E-state index in [2.05, 4.69) is 12.2 Å². The summed E-state index contributed by atoms with van der Waals surface area (Å²) in [5, 5.41) is 0. The summed E-state index contributed by atoms with van der Waals surface area (Å²) in [6.45, 7) is 2.07. The van der Waals surface area contributed by atoms with Crippen LogP contribution in [0.3, 0.4) is 0 Å². The van der Waals surface area contributed by atoms with Crippen LogP contribution in [0, 0.1) is 5.92 Å². The Morgan fingerprint density at radius 3 is 2.88 bits per heavy atom. The number of hydrogen-bond donors (Lipinski definition) is 1. The maximum atomic E-state index is 5.88. The van der Waals surface area contributed by atoms with Gasteiger partial charge in [0.15, 0.2) is 0 Å². The SMILES string of the molecule is NCCOC1C=CC=C(OCC2CCCC2)C1. The molecular weight excluding hydrogens is 214 g/mol. The zero-order valence-corrected chi connectivity index (χ0v) is 10.4. The summed E-state index contributed by atoms with van der Waals surface area (Å²) in [6, 6.07) is 0. The van der Waals surface area contributed by atoms with Crippen molar-refractivity contribution < 1.29 is 9.47 Å². The highest BCUT2D eigenvalue weighted by Crippen LogP contribution is 2.26. The van der Waals surface area contributed by atoms with Crippen LogP contribution in [-0.4, -0.2) is 25.9 Å². The van der Waals surface area contributed by atoms with E-state index in [4.69, 9.17) is 15.2 Å². The molecule has 0 saturated heterocycles. The Kier molecular flexibility index (Phi) is 5.08. The van der Waals surface area contributed by atoms with Gasteiger partial charge < -0.3 is 15.2 Å². The molecular formula is C14H23NO2. The number of nitrogens with two attached hydrogens (primary N) is 1. The van der Waals surface area contributed by atoms with Crippen molar-refractivity contribution in [1.82, 2.24) is 0 Å². The highest BCUT2D eigenvalue weighted by atomic mass is 16.5. The van der Waals surface area contributed by atoms with Crippen LogP contribution in [0.15, 0.2) is 24.0 Å². The third kappa shape index (κ3) is 4.17. The van der Waals surface area contributed by atoms with Crippen LogP contribution in [0.5, 0.6) is 0 Å². The molecule has 1 fully saturated rings. The molecule has 0 bridgehead atoms. The zero-order chi connectivity index (χ0) is 11.9. The van der Waals surface area contributed by atoms with Crippen molar-refractivity contribution in [1.29, 1.82) is 0 Å². The maximum Gasteiger partial charge on any atom is 0.0988 e. The molecule has 2 N–H and O–H groups in total. The molecule has 0 aromatic rings. The van der Waals surface area contributed by atoms with Crippen molar-refractivity contribution >= 4 is 0 Å². The lowest BCUT2D eigenvalue weighted by Crippen LogP contribution is -2.19. The van der Waals surface area contributed by atoms with Crippen molar-refractivity contribution in [3.8, 4) is 0 Å². The largest absolute Gasteiger partial charge is 0.498 e. The van der Waals surface area contributed by atoms with Crippen LogP contribution >= 0.6 is 0 Å². The van der Waals surface area contributed by atoms with E-state index < -0.39 is 0 Å². The fourth-order valence-corrected chi connectivity index (χ4v) is 2.46. The molecule has 1 atom stereocenters. The van der Waals surface area contributed by atoms with E-state index in [1.165, 1.54) is 25.7 Å². The lowest BCUT2D eigenvalue weighted by molar-refractivity contribution is 0.0688. The highest BCUT2D eigenvalue weighted by Gasteiger charge is 2.18. The van der Waals surface area contributed by atoms with Crippen LogP contribution in [0.2, 0.25) is 0 Å². The second-order valence-electron chi connectivity index (χ2n) is 4.88. The molecule has 0 spiro atoms. The fraction of sp³-hybridized carbons (Fsp3) is 0.714. The van der Waals surface area contributed by atoms with Gasteiger partial charge in [0.25, 0.3) is 0 Å². The number of hydrogen-bond acceptors (Lipinski definition) is 3. The summed E-state index contributed by atoms with van der Waals surface area (Å²) < 4.78 is 11.5. The first-order chi connectivity index (χ1) is 8.38. The van der Waals surface area contributed by atoms with Crippen LogP contribution in [-0.2, 0) is 9.47 Å². The lowest BCUT2D eigenvalue weighted by atomic mass is 10.1. The molecule has 2 aliphatic rings. The van der Waals surface area contributed by atoms with E-state index in [1.807, 2.05) is 6.08 Å². The summed E-state index contributed by atoms with van der Waals surface area (Å²) in [5.41, 5.74) is 5.43. The summed E-state index contributed by atoms with van der Waals surface area (Å²) >= 11 is 0. The van der Waals surface area contributed by atoms with E-state index >= 15 is 0 Å². The standard InChI is InChI=1S/C14H23NO2/c15-8-9-16-13-6-3-7-14(10-13)17-11-12-4-1-2-5-12/h3,6-7,12-13H,1-2,4-5,8-11,15H2. The number of ether oxygens (including phenoxy) is 2. The third-order valence-electron chi connectivity index (χ3n) is 3.44. The quantitative estimate of drug-likeness (QED) is 0.771. The van der Waals surface area contributed by atoms with Gasteiger partial charge in [-0.3, -0.25) is 0 Å². The molecule has 3 nitrogen and oxygen atoms in total. The van der Waals surface area contributed by atoms with E-state index in [1.54, 1.807) is 0 Å². The van der Waals surface area contributed by atoms with Gasteiger partial charge in [-0.2, -0.15) is 0 Å². The van der Waals surface area contributed by atoms with Gasteiger partial charge in [-0.05, 0) is 24.8 Å². The predicted molar refractivity (Wildman–Crippen MR) is 68.5 cm³/mol. The fourth-order valence-electron chi connectivity index (χ4n) is 2.46. The summed E-state index contributed by atoms with van der Waals surface area (Å²) in [7, 11) is 0. The van der Waals surface area contributed by atoms with Gasteiger partial charge in [-0.1, -0.05) is 25.0 Å². The first-order valence-corrected chi connectivity index (χ1v) is 6.70. The minimum Gasteiger partial charge on any atom is -0.498 e. The molecule has 96 valence electrons. The molecule has 2 aliphatic carbocycles. The third-order valence-corrected chi connectivity index (χ3v) is 3.44. The predicted octanol–water partition coefficient (Wildman–Crippen LogP) is 2.38. The average molecular weight is 237 g/mol. The Bertz CT molecular complexity index is 280. The number of rotatable bonds is 6. The van der Waals surface area contributed by atoms with Crippen molar-refractivity contribution in [2.75, 3.05) is 19.8 Å². The van der Waals surface area contributed by atoms with Crippen LogP contribution in [0.4, 0.5) is 0 Å². The van der Waals surface area contributed by atoms with Crippen LogP contribution < -0.4 is 5.73 Å². The van der Waals surface area contributed by atoms with E-state index in [0.29, 0.717) is 13.2 Å². The van der Waals surface area contributed by atoms with E-state index in [-0.39, 0.29) is 6.10 Å². The lowest BCUT2D eigenvalue weighted by Gasteiger charge is -2.20. The molecule has 0 aliphatic heterocycles. The monoisotopic (exact) mass is 237 g/mol. The normalized spacial score (nSPS) is 25.0. The van der Waals surface area contributed by atoms with Gasteiger partial charge in [0.05, 0.1) is 25.1 Å². The van der Waals surface area contributed by atoms with Crippen molar-refractivity contribution in [3.05, 3.63) is 24.0 Å². The molecule has 1 saturated carbocycles. The minimum absolute atomic E-state index is 0.141. The Balaban J connectivity index is 1.69. The molecule has 0 aromatic carbocycles. The Labute approximate surface area is 104 Å². The van der Waals surface area contributed by atoms with Gasteiger partial charge in [0.2, 0.25) is 0 Å². The molecule has 0 aromatic heterocycles. The molecule has 3 heteroatoms. The first kappa shape index (κ1) is 12.7. The van der Waals surface area contributed by atoms with Gasteiger partial charge in [-0.25, -0.2) is 0 Å². The molecule has 1 unspecified atom stereocenters. The van der Waals surface area contributed by atoms with Gasteiger partial charge in [-0.15, -0.1) is 0 Å². The Hall–Kier alpha value is -0.800. The average Bonchev–Trinajstić information content (AvgIpc) is 2.87. The molecule has 0 heterocycles. The van der Waals surface area contributed by atoms with Gasteiger partial charge in [0, 0.05) is 13.0 Å². The maximum absolute atomic E-state index is 5.88. The smallest absolute Gasteiger partial charge is 0.0988 e. The second kappa shape index (κ2) is 6.82. The van der Waals surface area contributed by atoms with Crippen molar-refractivity contribution in [2.45, 2.75) is 38.2 Å². The number of allylic oxidation sites excluding steroid dienone is 2. The minimum atomic E-state index is 0.141. The Morgan fingerprint density at radius 2 is 2.12 bits per heavy atom. The van der Waals surface area contributed by atoms with Gasteiger partial charge in [0.1, 0.15) is 0 Å². The second-order valence-corrected chi connectivity index (χ2v) is 4.88. The topological polar surface area (TPSA) is 44.5 Å². The first-order valence-electron chi connectivity index (χ1n) is 6.70. The molecule has 2 rings (SSSR count). The summed E-state index contributed by atoms with van der Waals surface area (Å²) in [4.78, 5) is 0.